The molecule has 0 aliphatic rings. The number of amides is 1. The minimum Gasteiger partial charge on any atom is -0.512 e. The summed E-state index contributed by atoms with van der Waals surface area (Å²) >= 11 is 0. The van der Waals surface area contributed by atoms with Crippen molar-refractivity contribution in [2.75, 3.05) is 13.2 Å². The second-order valence-corrected chi connectivity index (χ2v) is 2.86. The number of rotatable bonds is 6. The number of aliphatic hydroxyl groups excluding tert-OH is 2. The normalized spacial score (nSPS) is 11.4. The van der Waals surface area contributed by atoms with E-state index in [2.05, 4.69) is 5.32 Å². The minimum atomic E-state index is -0.274. The number of carbonyl (C=O) groups excluding carboxylic acids is 1. The molecule has 0 saturated carbocycles. The van der Waals surface area contributed by atoms with E-state index in [0.29, 0.717) is 6.54 Å². The number of aliphatic hydroxyl groups is 2. The molecule has 0 aliphatic heterocycles. The monoisotopic (exact) mass is 187 g/mol. The van der Waals surface area contributed by atoms with Gasteiger partial charge in [-0.25, -0.2) is 0 Å². The van der Waals surface area contributed by atoms with E-state index in [0.717, 1.165) is 25.3 Å². The van der Waals surface area contributed by atoms with Gasteiger partial charge in [0.2, 0.25) is 5.91 Å². The van der Waals surface area contributed by atoms with Gasteiger partial charge in [-0.05, 0) is 26.2 Å². The summed E-state index contributed by atoms with van der Waals surface area (Å²) in [5.41, 5.74) is 0. The molecule has 0 aromatic carbocycles. The van der Waals surface area contributed by atoms with E-state index in [9.17, 15) is 4.79 Å². The predicted molar refractivity (Wildman–Crippen MR) is 50.3 cm³/mol. The molecule has 0 saturated heterocycles. The Hall–Kier alpha value is -1.03. The van der Waals surface area contributed by atoms with Crippen molar-refractivity contribution >= 4 is 5.91 Å². The molecule has 0 heterocycles. The van der Waals surface area contributed by atoms with Crippen molar-refractivity contribution in [1.82, 2.24) is 5.32 Å². The van der Waals surface area contributed by atoms with Crippen LogP contribution in [-0.4, -0.2) is 29.3 Å². The fourth-order valence-corrected chi connectivity index (χ4v) is 0.866. The van der Waals surface area contributed by atoms with Crippen LogP contribution in [-0.2, 0) is 4.79 Å². The van der Waals surface area contributed by atoms with Crippen molar-refractivity contribution in [3.8, 4) is 0 Å². The fraction of sp³-hybridized carbons (Fsp3) is 0.667. The molecule has 0 aromatic heterocycles. The molecule has 4 nitrogen and oxygen atoms in total. The fourth-order valence-electron chi connectivity index (χ4n) is 0.866. The SMILES string of the molecule is CC(O)=CC(=O)NCCCCCO. The number of hydrogen-bond donors (Lipinski definition) is 3. The van der Waals surface area contributed by atoms with Crippen molar-refractivity contribution in [2.45, 2.75) is 26.2 Å². The highest BCUT2D eigenvalue weighted by Gasteiger charge is 1.95. The van der Waals surface area contributed by atoms with Gasteiger partial charge < -0.3 is 15.5 Å². The number of carbonyl (C=O) groups is 1. The third kappa shape index (κ3) is 8.88. The summed E-state index contributed by atoms with van der Waals surface area (Å²) in [7, 11) is 0. The zero-order chi connectivity index (χ0) is 10.1. The lowest BCUT2D eigenvalue weighted by Gasteiger charge is -2.00. The van der Waals surface area contributed by atoms with Crippen LogP contribution in [0.1, 0.15) is 26.2 Å². The van der Waals surface area contributed by atoms with E-state index in [4.69, 9.17) is 10.2 Å². The molecule has 76 valence electrons. The molecule has 3 N–H and O–H groups in total. The van der Waals surface area contributed by atoms with Crippen molar-refractivity contribution in [2.24, 2.45) is 0 Å². The molecular formula is C9H17NO3. The third-order valence-corrected chi connectivity index (χ3v) is 1.47. The van der Waals surface area contributed by atoms with Gasteiger partial charge in [-0.3, -0.25) is 4.79 Å². The Balaban J connectivity index is 3.33. The number of hydrogen-bond acceptors (Lipinski definition) is 3. The first-order valence-corrected chi connectivity index (χ1v) is 4.42. The maximum absolute atomic E-state index is 10.9. The summed E-state index contributed by atoms with van der Waals surface area (Å²) in [6.07, 6.45) is 3.67. The standard InChI is InChI=1S/C9H17NO3/c1-8(12)7-9(13)10-5-3-2-4-6-11/h7,11-12H,2-6H2,1H3,(H,10,13). The van der Waals surface area contributed by atoms with Crippen LogP contribution in [0.2, 0.25) is 0 Å². The van der Waals surface area contributed by atoms with Crippen molar-refractivity contribution in [1.29, 1.82) is 0 Å². The van der Waals surface area contributed by atoms with Crippen molar-refractivity contribution < 1.29 is 15.0 Å². The van der Waals surface area contributed by atoms with Gasteiger partial charge in [0.15, 0.2) is 0 Å². The third-order valence-electron chi connectivity index (χ3n) is 1.47. The highest BCUT2D eigenvalue weighted by atomic mass is 16.3. The second-order valence-electron chi connectivity index (χ2n) is 2.86. The summed E-state index contributed by atoms with van der Waals surface area (Å²) in [6.45, 7) is 2.23. The molecule has 0 unspecified atom stereocenters. The van der Waals surface area contributed by atoms with Crippen LogP contribution in [0.15, 0.2) is 11.8 Å². The van der Waals surface area contributed by atoms with Crippen LogP contribution in [0, 0.1) is 0 Å². The molecule has 0 radical (unpaired) electrons. The van der Waals surface area contributed by atoms with Crippen LogP contribution in [0.3, 0.4) is 0 Å². The lowest BCUT2D eigenvalue weighted by Crippen LogP contribution is -2.22. The maximum Gasteiger partial charge on any atom is 0.247 e. The number of unbranched alkanes of at least 4 members (excludes halogenated alkanes) is 2. The quantitative estimate of drug-likeness (QED) is 0.326. The summed E-state index contributed by atoms with van der Waals surface area (Å²) in [5.74, 6) is -0.267. The highest BCUT2D eigenvalue weighted by Crippen LogP contribution is 1.92. The smallest absolute Gasteiger partial charge is 0.247 e. The molecule has 0 aliphatic carbocycles. The van der Waals surface area contributed by atoms with Gasteiger partial charge >= 0.3 is 0 Å². The van der Waals surface area contributed by atoms with Gasteiger partial charge in [-0.15, -0.1) is 0 Å². The van der Waals surface area contributed by atoms with E-state index in [-0.39, 0.29) is 18.3 Å². The molecule has 0 bridgehead atoms. The van der Waals surface area contributed by atoms with Crippen LogP contribution in [0.25, 0.3) is 0 Å². The Bertz CT molecular complexity index is 174. The molecule has 1 amide bonds. The highest BCUT2D eigenvalue weighted by molar-refractivity contribution is 5.87. The number of nitrogens with one attached hydrogen (secondary N) is 1. The molecule has 0 rings (SSSR count). The lowest BCUT2D eigenvalue weighted by atomic mass is 10.2. The summed E-state index contributed by atoms with van der Waals surface area (Å²) in [6, 6.07) is 0. The molecule has 4 heteroatoms. The molecule has 0 fully saturated rings. The van der Waals surface area contributed by atoms with Gasteiger partial charge in [0.05, 0.1) is 5.76 Å². The first kappa shape index (κ1) is 12.0. The van der Waals surface area contributed by atoms with Gasteiger partial charge in [0.1, 0.15) is 0 Å². The predicted octanol–water partition coefficient (Wildman–Crippen LogP) is 0.727. The Labute approximate surface area is 78.3 Å². The van der Waals surface area contributed by atoms with E-state index >= 15 is 0 Å². The summed E-state index contributed by atoms with van der Waals surface area (Å²) in [5, 5.41) is 19.8. The van der Waals surface area contributed by atoms with Gasteiger partial charge in [-0.1, -0.05) is 0 Å². The Kier molecular flexibility index (Phi) is 7.01. The molecule has 0 spiro atoms. The van der Waals surface area contributed by atoms with E-state index in [1.165, 1.54) is 6.92 Å². The largest absolute Gasteiger partial charge is 0.512 e. The maximum atomic E-state index is 10.9. The van der Waals surface area contributed by atoms with E-state index in [1.54, 1.807) is 0 Å². The average molecular weight is 187 g/mol. The Morgan fingerprint density at radius 3 is 2.62 bits per heavy atom. The first-order chi connectivity index (χ1) is 6.16. The van der Waals surface area contributed by atoms with Crippen molar-refractivity contribution in [3.05, 3.63) is 11.8 Å². The molecular weight excluding hydrogens is 170 g/mol. The van der Waals surface area contributed by atoms with Crippen LogP contribution >= 0.6 is 0 Å². The molecule has 0 atom stereocenters. The lowest BCUT2D eigenvalue weighted by molar-refractivity contribution is -0.116. The Morgan fingerprint density at radius 1 is 1.38 bits per heavy atom. The second kappa shape index (κ2) is 7.61. The minimum absolute atomic E-state index is 0.00728. The zero-order valence-electron chi connectivity index (χ0n) is 7.92. The van der Waals surface area contributed by atoms with Gasteiger partial charge in [0.25, 0.3) is 0 Å². The average Bonchev–Trinajstić information content (AvgIpc) is 2.02. The topological polar surface area (TPSA) is 69.6 Å². The summed E-state index contributed by atoms with van der Waals surface area (Å²) < 4.78 is 0. The van der Waals surface area contributed by atoms with Gasteiger partial charge in [-0.2, -0.15) is 0 Å². The van der Waals surface area contributed by atoms with E-state index < -0.39 is 0 Å². The Morgan fingerprint density at radius 2 is 2.08 bits per heavy atom. The summed E-state index contributed by atoms with van der Waals surface area (Å²) in [4.78, 5) is 10.9. The van der Waals surface area contributed by atoms with Crippen molar-refractivity contribution in [3.63, 3.8) is 0 Å². The van der Waals surface area contributed by atoms with Crippen LogP contribution in [0.4, 0.5) is 0 Å². The molecule has 13 heavy (non-hydrogen) atoms. The first-order valence-electron chi connectivity index (χ1n) is 4.42. The molecule has 0 aromatic rings. The van der Waals surface area contributed by atoms with Crippen LogP contribution in [0.5, 0.6) is 0 Å². The number of allylic oxidation sites excluding steroid dienone is 1. The van der Waals surface area contributed by atoms with E-state index in [1.807, 2.05) is 0 Å². The van der Waals surface area contributed by atoms with Crippen LogP contribution < -0.4 is 5.32 Å². The van der Waals surface area contributed by atoms with Gasteiger partial charge in [0, 0.05) is 19.2 Å². The zero-order valence-corrected chi connectivity index (χ0v) is 7.92.